The first-order valence-corrected chi connectivity index (χ1v) is 25.1. The van der Waals surface area contributed by atoms with Gasteiger partial charge in [0.25, 0.3) is 0 Å². The van der Waals surface area contributed by atoms with Gasteiger partial charge in [-0.1, -0.05) is 61.3 Å². The van der Waals surface area contributed by atoms with Crippen molar-refractivity contribution in [1.82, 2.24) is 5.32 Å². The van der Waals surface area contributed by atoms with Crippen molar-refractivity contribution in [3.8, 4) is 11.5 Å². The lowest BCUT2D eigenvalue weighted by molar-refractivity contribution is 0.0222. The molecule has 1 unspecified atom stereocenters. The third kappa shape index (κ3) is 14.3. The molecule has 1 atom stereocenters. The molecule has 13 heteroatoms. The smallest absolute Gasteiger partial charge is 0.234 e. The molecule has 0 aromatic heterocycles. The average molecular weight is 734 g/mol. The van der Waals surface area contributed by atoms with E-state index in [2.05, 4.69) is 60.5 Å². The SMILES string of the molecule is Cc1cc(OCCNCC(O)c2ccc(OCOCC[Si](C)(C)C)c(N(COCC[Si](C)(C)C)S(C)(=O)=O)c2)cc(C)c1Br. The van der Waals surface area contributed by atoms with E-state index in [1.54, 1.807) is 18.2 Å². The Morgan fingerprint density at radius 3 is 2.07 bits per heavy atom. The lowest BCUT2D eigenvalue weighted by Gasteiger charge is -2.26. The van der Waals surface area contributed by atoms with Crippen LogP contribution in [0.4, 0.5) is 5.69 Å². The van der Waals surface area contributed by atoms with Crippen LogP contribution in [0.15, 0.2) is 34.8 Å². The minimum absolute atomic E-state index is 0.00750. The third-order valence-corrected chi connectivity index (χ3v) is 12.6. The molecule has 0 amide bonds. The summed E-state index contributed by atoms with van der Waals surface area (Å²) in [5.41, 5.74) is 3.06. The largest absolute Gasteiger partial charge is 0.492 e. The number of ether oxygens (including phenoxy) is 4. The standard InChI is InChI=1S/C31H53BrN2O7SSi2/c1-24-18-27(19-25(2)31(24)32)40-13-12-33-21-29(35)26-10-11-30(41-23-39-15-17-44(7,8)9)28(20-26)34(42(3,36)37)22-38-14-16-43(4,5)6/h10-11,18-20,29,33,35H,12-17,21-23H2,1-9H3. The van der Waals surface area contributed by atoms with Gasteiger partial charge in [0.1, 0.15) is 24.8 Å². The summed E-state index contributed by atoms with van der Waals surface area (Å²) in [7, 11) is -6.34. The summed E-state index contributed by atoms with van der Waals surface area (Å²) in [5, 5.41) is 14.2. The van der Waals surface area contributed by atoms with Crippen LogP contribution in [0.3, 0.4) is 0 Å². The van der Waals surface area contributed by atoms with E-state index in [4.69, 9.17) is 18.9 Å². The quantitative estimate of drug-likeness (QED) is 0.0899. The summed E-state index contributed by atoms with van der Waals surface area (Å²) in [5.74, 6) is 1.14. The molecule has 2 N–H and O–H groups in total. The van der Waals surface area contributed by atoms with Crippen LogP contribution in [0.2, 0.25) is 51.4 Å². The van der Waals surface area contributed by atoms with Gasteiger partial charge in [0, 0.05) is 46.9 Å². The lowest BCUT2D eigenvalue weighted by atomic mass is 10.1. The summed E-state index contributed by atoms with van der Waals surface area (Å²) in [4.78, 5) is 0. The summed E-state index contributed by atoms with van der Waals surface area (Å²) in [6.07, 6.45) is 0.254. The molecular formula is C31H53BrN2O7SSi2. The van der Waals surface area contributed by atoms with Gasteiger partial charge in [-0.2, -0.15) is 0 Å². The van der Waals surface area contributed by atoms with Crippen LogP contribution in [0.25, 0.3) is 0 Å². The molecular weight excluding hydrogens is 680 g/mol. The van der Waals surface area contributed by atoms with Crippen molar-refractivity contribution in [2.45, 2.75) is 71.3 Å². The number of hydrogen-bond donors (Lipinski definition) is 2. The third-order valence-electron chi connectivity index (χ3n) is 6.83. The van der Waals surface area contributed by atoms with Gasteiger partial charge in [-0.15, -0.1) is 0 Å². The molecule has 0 saturated carbocycles. The van der Waals surface area contributed by atoms with E-state index in [0.717, 1.165) is 39.7 Å². The number of aliphatic hydroxyl groups excluding tert-OH is 1. The highest BCUT2D eigenvalue weighted by Crippen LogP contribution is 2.33. The topological polar surface area (TPSA) is 107 Å². The molecule has 0 fully saturated rings. The maximum absolute atomic E-state index is 12.9. The second kappa shape index (κ2) is 17.5. The Balaban J connectivity index is 2.12. The molecule has 2 aromatic carbocycles. The molecule has 250 valence electrons. The molecule has 2 rings (SSSR count). The maximum atomic E-state index is 12.9. The monoisotopic (exact) mass is 732 g/mol. The van der Waals surface area contributed by atoms with Crippen molar-refractivity contribution < 1.29 is 32.5 Å². The second-order valence-electron chi connectivity index (χ2n) is 13.6. The van der Waals surface area contributed by atoms with Gasteiger partial charge in [-0.3, -0.25) is 0 Å². The van der Waals surface area contributed by atoms with Crippen molar-refractivity contribution in [3.63, 3.8) is 0 Å². The van der Waals surface area contributed by atoms with Crippen molar-refractivity contribution in [2.75, 3.05) is 57.0 Å². The summed E-state index contributed by atoms with van der Waals surface area (Å²) < 4.78 is 51.5. The summed E-state index contributed by atoms with van der Waals surface area (Å²) in [6.45, 7) is 19.7. The average Bonchev–Trinajstić information content (AvgIpc) is 2.89. The molecule has 0 aliphatic rings. The molecule has 9 nitrogen and oxygen atoms in total. The Hall–Kier alpha value is -1.46. The molecule has 0 aliphatic heterocycles. The number of hydrogen-bond acceptors (Lipinski definition) is 8. The Kier molecular flexibility index (Phi) is 15.4. The van der Waals surface area contributed by atoms with Gasteiger partial charge in [0.05, 0.1) is 18.0 Å². The number of aryl methyl sites for hydroxylation is 2. The zero-order valence-electron chi connectivity index (χ0n) is 28.0. The van der Waals surface area contributed by atoms with Crippen molar-refractivity contribution in [1.29, 1.82) is 0 Å². The zero-order chi connectivity index (χ0) is 33.1. The van der Waals surface area contributed by atoms with Crippen molar-refractivity contribution in [2.24, 2.45) is 0 Å². The number of halogens is 1. The van der Waals surface area contributed by atoms with Gasteiger partial charge in [0.2, 0.25) is 10.0 Å². The van der Waals surface area contributed by atoms with E-state index in [0.29, 0.717) is 43.4 Å². The first-order chi connectivity index (χ1) is 20.4. The highest BCUT2D eigenvalue weighted by Gasteiger charge is 2.24. The minimum atomic E-state index is -3.73. The predicted molar refractivity (Wildman–Crippen MR) is 189 cm³/mol. The Bertz CT molecular complexity index is 1280. The number of nitrogens with zero attached hydrogens (tertiary/aromatic N) is 1. The first-order valence-electron chi connectivity index (χ1n) is 15.1. The molecule has 44 heavy (non-hydrogen) atoms. The van der Waals surface area contributed by atoms with Gasteiger partial charge in [-0.05, 0) is 66.9 Å². The summed E-state index contributed by atoms with van der Waals surface area (Å²) in [6, 6.07) is 10.9. The number of nitrogens with one attached hydrogen (secondary N) is 1. The fourth-order valence-corrected chi connectivity index (χ4v) is 6.57. The van der Waals surface area contributed by atoms with Crippen LogP contribution >= 0.6 is 15.9 Å². The van der Waals surface area contributed by atoms with Crippen molar-refractivity contribution >= 4 is 47.8 Å². The van der Waals surface area contributed by atoms with E-state index in [1.807, 2.05) is 26.0 Å². The highest BCUT2D eigenvalue weighted by molar-refractivity contribution is 9.10. The number of benzene rings is 2. The molecule has 0 radical (unpaired) electrons. The zero-order valence-corrected chi connectivity index (χ0v) is 32.4. The van der Waals surface area contributed by atoms with Crippen molar-refractivity contribution in [3.05, 3.63) is 51.5 Å². The number of sulfonamides is 1. The normalized spacial score (nSPS) is 13.2. The van der Waals surface area contributed by atoms with Crippen LogP contribution in [-0.4, -0.2) is 82.4 Å². The fraction of sp³-hybridized carbons (Fsp3) is 0.613. The van der Waals surface area contributed by atoms with Crippen LogP contribution in [-0.2, 0) is 19.5 Å². The maximum Gasteiger partial charge on any atom is 0.234 e. The number of anilines is 1. The van der Waals surface area contributed by atoms with Crippen LogP contribution in [0.5, 0.6) is 11.5 Å². The Morgan fingerprint density at radius 2 is 1.50 bits per heavy atom. The van der Waals surface area contributed by atoms with Gasteiger partial charge < -0.3 is 29.4 Å². The van der Waals surface area contributed by atoms with E-state index < -0.39 is 32.3 Å². The van der Waals surface area contributed by atoms with Gasteiger partial charge >= 0.3 is 0 Å². The van der Waals surface area contributed by atoms with Crippen LogP contribution in [0, 0.1) is 13.8 Å². The molecule has 2 aromatic rings. The van der Waals surface area contributed by atoms with Crippen LogP contribution in [0.1, 0.15) is 22.8 Å². The minimum Gasteiger partial charge on any atom is -0.492 e. The summed E-state index contributed by atoms with van der Waals surface area (Å²) >= 11 is 3.57. The number of aliphatic hydroxyl groups is 1. The van der Waals surface area contributed by atoms with Gasteiger partial charge in [-0.25, -0.2) is 12.7 Å². The highest BCUT2D eigenvalue weighted by atomic mass is 79.9. The fourth-order valence-electron chi connectivity index (χ4n) is 4.06. The van der Waals surface area contributed by atoms with E-state index in [-0.39, 0.29) is 20.1 Å². The van der Waals surface area contributed by atoms with Gasteiger partial charge in [0.15, 0.2) is 6.79 Å². The number of rotatable bonds is 20. The molecule has 0 bridgehead atoms. The Morgan fingerprint density at radius 1 is 0.909 bits per heavy atom. The Labute approximate surface area is 275 Å². The van der Waals surface area contributed by atoms with Crippen LogP contribution < -0.4 is 19.1 Å². The van der Waals surface area contributed by atoms with E-state index >= 15 is 0 Å². The second-order valence-corrected chi connectivity index (χ2v) is 27.5. The molecule has 0 heterocycles. The molecule has 0 aliphatic carbocycles. The predicted octanol–water partition coefficient (Wildman–Crippen LogP) is 6.54. The van der Waals surface area contributed by atoms with E-state index in [9.17, 15) is 13.5 Å². The molecule has 0 spiro atoms. The lowest BCUT2D eigenvalue weighted by Crippen LogP contribution is -2.34. The first kappa shape index (κ1) is 38.7. The van der Waals surface area contributed by atoms with E-state index in [1.165, 1.54) is 4.31 Å². The molecule has 0 saturated heterocycles.